The molecule has 1 fully saturated rings. The predicted molar refractivity (Wildman–Crippen MR) is 115 cm³/mol. The monoisotopic (exact) mass is 391 g/mol. The van der Waals surface area contributed by atoms with Crippen LogP contribution in [0.15, 0.2) is 42.5 Å². The first kappa shape index (κ1) is 19.6. The number of fused-ring (bicyclic) bond motifs is 1. The topological polar surface area (TPSA) is 61.4 Å². The lowest BCUT2D eigenvalue weighted by atomic mass is 9.92. The molecule has 152 valence electrons. The summed E-state index contributed by atoms with van der Waals surface area (Å²) in [7, 11) is 0. The number of hydrogen-bond donors (Lipinski definition) is 2. The lowest BCUT2D eigenvalue weighted by Gasteiger charge is -2.35. The Labute approximate surface area is 172 Å². The number of likely N-dealkylation sites (tertiary alicyclic amines) is 1. The molecule has 2 aromatic rings. The summed E-state index contributed by atoms with van der Waals surface area (Å²) in [4.78, 5) is 27.6. The molecule has 2 aliphatic heterocycles. The van der Waals surface area contributed by atoms with E-state index < -0.39 is 0 Å². The highest BCUT2D eigenvalue weighted by atomic mass is 16.2. The second-order valence-corrected chi connectivity index (χ2v) is 8.37. The number of aryl methyl sites for hydroxylation is 2. The van der Waals surface area contributed by atoms with Gasteiger partial charge in [-0.1, -0.05) is 30.3 Å². The van der Waals surface area contributed by atoms with Crippen LogP contribution >= 0.6 is 0 Å². The minimum atomic E-state index is -0.162. The van der Waals surface area contributed by atoms with Crippen LogP contribution in [0.1, 0.15) is 35.1 Å². The fraction of sp³-hybridized carbons (Fsp3) is 0.417. The van der Waals surface area contributed by atoms with E-state index in [4.69, 9.17) is 0 Å². The van der Waals surface area contributed by atoms with E-state index in [0.717, 1.165) is 29.8 Å². The van der Waals surface area contributed by atoms with Crippen LogP contribution in [-0.2, 0) is 22.6 Å². The van der Waals surface area contributed by atoms with Crippen molar-refractivity contribution >= 4 is 17.5 Å². The number of piperidine rings is 1. The maximum Gasteiger partial charge on any atom is 0.240 e. The summed E-state index contributed by atoms with van der Waals surface area (Å²) >= 11 is 0. The number of anilines is 1. The van der Waals surface area contributed by atoms with Gasteiger partial charge in [-0.15, -0.1) is 0 Å². The summed E-state index contributed by atoms with van der Waals surface area (Å²) in [5, 5.41) is 6.44. The number of rotatable bonds is 3. The molecule has 0 bridgehead atoms. The highest BCUT2D eigenvalue weighted by Gasteiger charge is 2.32. The Morgan fingerprint density at radius 3 is 2.34 bits per heavy atom. The van der Waals surface area contributed by atoms with Gasteiger partial charge >= 0.3 is 0 Å². The number of benzene rings is 2. The molecule has 4 rings (SSSR count). The van der Waals surface area contributed by atoms with Crippen molar-refractivity contribution in [3.05, 3.63) is 64.7 Å². The molecule has 5 nitrogen and oxygen atoms in total. The van der Waals surface area contributed by atoms with Gasteiger partial charge in [-0.3, -0.25) is 9.59 Å². The molecule has 2 N–H and O–H groups in total. The first-order valence-corrected chi connectivity index (χ1v) is 10.5. The maximum atomic E-state index is 13.0. The summed E-state index contributed by atoms with van der Waals surface area (Å²) < 4.78 is 0. The number of nitrogens with zero attached hydrogens (tertiary/aromatic N) is 1. The zero-order chi connectivity index (χ0) is 20.4. The molecular formula is C24H29N3O2. The molecule has 1 atom stereocenters. The van der Waals surface area contributed by atoms with Crippen LogP contribution < -0.4 is 10.6 Å². The summed E-state index contributed by atoms with van der Waals surface area (Å²) in [6, 6.07) is 14.2. The van der Waals surface area contributed by atoms with Gasteiger partial charge in [0, 0.05) is 31.2 Å². The van der Waals surface area contributed by atoms with Crippen molar-refractivity contribution in [3.63, 3.8) is 0 Å². The summed E-state index contributed by atoms with van der Waals surface area (Å²) in [6.07, 6.45) is 2.17. The first-order chi connectivity index (χ1) is 14.0. The number of amides is 2. The van der Waals surface area contributed by atoms with Crippen molar-refractivity contribution in [1.29, 1.82) is 0 Å². The summed E-state index contributed by atoms with van der Waals surface area (Å²) in [5.41, 5.74) is 5.67. The fourth-order valence-electron chi connectivity index (χ4n) is 4.50. The third-order valence-corrected chi connectivity index (χ3v) is 6.05. The Balaban J connectivity index is 1.31. The van der Waals surface area contributed by atoms with Crippen LogP contribution in [0.5, 0.6) is 0 Å². The molecule has 2 aromatic carbocycles. The molecule has 5 heteroatoms. The Hall–Kier alpha value is -2.66. The zero-order valence-electron chi connectivity index (χ0n) is 17.2. The van der Waals surface area contributed by atoms with E-state index in [-0.39, 0.29) is 23.8 Å². The Morgan fingerprint density at radius 1 is 1.00 bits per heavy atom. The zero-order valence-corrected chi connectivity index (χ0v) is 17.2. The van der Waals surface area contributed by atoms with Gasteiger partial charge in [-0.2, -0.15) is 0 Å². The van der Waals surface area contributed by atoms with Crippen LogP contribution in [0, 0.1) is 19.8 Å². The number of carbonyl (C=O) groups excluding carboxylic acids is 2. The van der Waals surface area contributed by atoms with E-state index in [1.807, 2.05) is 43.0 Å². The molecule has 0 radical (unpaired) electrons. The van der Waals surface area contributed by atoms with E-state index in [9.17, 15) is 9.59 Å². The molecule has 2 heterocycles. The van der Waals surface area contributed by atoms with E-state index >= 15 is 0 Å². The van der Waals surface area contributed by atoms with Gasteiger partial charge in [-0.25, -0.2) is 0 Å². The third kappa shape index (κ3) is 4.51. The van der Waals surface area contributed by atoms with Crippen LogP contribution in [0.3, 0.4) is 0 Å². The molecule has 0 aromatic heterocycles. The van der Waals surface area contributed by atoms with Crippen molar-refractivity contribution in [1.82, 2.24) is 10.2 Å². The maximum absolute atomic E-state index is 13.0. The van der Waals surface area contributed by atoms with E-state index in [1.165, 1.54) is 11.1 Å². The van der Waals surface area contributed by atoms with Crippen LogP contribution in [0.4, 0.5) is 5.69 Å². The summed E-state index contributed by atoms with van der Waals surface area (Å²) in [6.45, 7) is 6.09. The van der Waals surface area contributed by atoms with Gasteiger partial charge in [0.15, 0.2) is 0 Å². The molecule has 2 amide bonds. The SMILES string of the molecule is Cc1cc(C)cc(NC(=O)C2CCN(C(=O)[C@H]3Cc4ccccc4CN3)CC2)c1. The van der Waals surface area contributed by atoms with Gasteiger partial charge in [0.1, 0.15) is 0 Å². The van der Waals surface area contributed by atoms with Gasteiger partial charge in [0.2, 0.25) is 11.8 Å². The smallest absolute Gasteiger partial charge is 0.240 e. The summed E-state index contributed by atoms with van der Waals surface area (Å²) in [5.74, 6) is 0.180. The predicted octanol–water partition coefficient (Wildman–Crippen LogP) is 3.20. The molecule has 0 unspecified atom stereocenters. The molecule has 0 aliphatic carbocycles. The highest BCUT2D eigenvalue weighted by Crippen LogP contribution is 2.23. The van der Waals surface area contributed by atoms with Crippen molar-refractivity contribution in [2.24, 2.45) is 5.92 Å². The van der Waals surface area contributed by atoms with E-state index in [1.54, 1.807) is 0 Å². The number of hydrogen-bond acceptors (Lipinski definition) is 3. The molecule has 29 heavy (non-hydrogen) atoms. The standard InChI is InChI=1S/C24H29N3O2/c1-16-11-17(2)13-21(12-16)26-23(28)18-7-9-27(10-8-18)24(29)22-14-19-5-3-4-6-20(19)15-25-22/h3-6,11-13,18,22,25H,7-10,14-15H2,1-2H3,(H,26,28)/t22-/m1/s1. The quantitative estimate of drug-likeness (QED) is 0.845. The largest absolute Gasteiger partial charge is 0.341 e. The van der Waals surface area contributed by atoms with Crippen LogP contribution in [-0.4, -0.2) is 35.8 Å². The highest BCUT2D eigenvalue weighted by molar-refractivity contribution is 5.93. The molecular weight excluding hydrogens is 362 g/mol. The van der Waals surface area contributed by atoms with Crippen LogP contribution in [0.2, 0.25) is 0 Å². The van der Waals surface area contributed by atoms with Crippen LogP contribution in [0.25, 0.3) is 0 Å². The van der Waals surface area contributed by atoms with Crippen molar-refractivity contribution < 1.29 is 9.59 Å². The minimum Gasteiger partial charge on any atom is -0.341 e. The normalized spacial score (nSPS) is 19.5. The third-order valence-electron chi connectivity index (χ3n) is 6.05. The average molecular weight is 392 g/mol. The van der Waals surface area contributed by atoms with E-state index in [0.29, 0.717) is 25.9 Å². The van der Waals surface area contributed by atoms with Crippen molar-refractivity contribution in [2.45, 2.75) is 45.7 Å². The Morgan fingerprint density at radius 2 is 1.66 bits per heavy atom. The van der Waals surface area contributed by atoms with Gasteiger partial charge in [-0.05, 0) is 67.5 Å². The lowest BCUT2D eigenvalue weighted by Crippen LogP contribution is -2.52. The average Bonchev–Trinajstić information content (AvgIpc) is 2.72. The fourth-order valence-corrected chi connectivity index (χ4v) is 4.50. The lowest BCUT2D eigenvalue weighted by molar-refractivity contribution is -0.136. The van der Waals surface area contributed by atoms with E-state index in [2.05, 4.69) is 28.8 Å². The van der Waals surface area contributed by atoms with Gasteiger partial charge in [0.25, 0.3) is 0 Å². The Kier molecular flexibility index (Phi) is 5.67. The molecule has 0 saturated carbocycles. The molecule has 0 spiro atoms. The van der Waals surface area contributed by atoms with Gasteiger partial charge in [0.05, 0.1) is 6.04 Å². The Bertz CT molecular complexity index is 896. The first-order valence-electron chi connectivity index (χ1n) is 10.5. The number of carbonyl (C=O) groups is 2. The second-order valence-electron chi connectivity index (χ2n) is 8.37. The van der Waals surface area contributed by atoms with Crippen molar-refractivity contribution in [3.8, 4) is 0 Å². The molecule has 2 aliphatic rings. The number of nitrogens with one attached hydrogen (secondary N) is 2. The van der Waals surface area contributed by atoms with Crippen molar-refractivity contribution in [2.75, 3.05) is 18.4 Å². The molecule has 1 saturated heterocycles. The minimum absolute atomic E-state index is 0.0418. The van der Waals surface area contributed by atoms with Gasteiger partial charge < -0.3 is 15.5 Å². The second kappa shape index (κ2) is 8.37.